The molecular formula is C23H24F2N4O2. The topological polar surface area (TPSA) is 59.4 Å². The number of hydrogen-bond acceptors (Lipinski definition) is 4. The van der Waals surface area contributed by atoms with E-state index < -0.39 is 17.7 Å². The number of ether oxygens (including phenoxy) is 1. The predicted octanol–water partition coefficient (Wildman–Crippen LogP) is 3.15. The lowest BCUT2D eigenvalue weighted by Gasteiger charge is -2.34. The lowest BCUT2D eigenvalue weighted by molar-refractivity contribution is -0.128. The van der Waals surface area contributed by atoms with Crippen molar-refractivity contribution in [3.8, 4) is 5.69 Å². The van der Waals surface area contributed by atoms with Crippen LogP contribution < -0.4 is 5.32 Å². The first-order valence-corrected chi connectivity index (χ1v) is 10.2. The molecule has 1 saturated heterocycles. The fourth-order valence-electron chi connectivity index (χ4n) is 3.81. The molecule has 1 atom stereocenters. The first-order chi connectivity index (χ1) is 15.0. The summed E-state index contributed by atoms with van der Waals surface area (Å²) in [5.41, 5.74) is 1.32. The van der Waals surface area contributed by atoms with Crippen molar-refractivity contribution in [3.63, 3.8) is 0 Å². The van der Waals surface area contributed by atoms with E-state index in [2.05, 4.69) is 10.3 Å². The van der Waals surface area contributed by atoms with Crippen LogP contribution in [-0.4, -0.2) is 46.7 Å². The van der Waals surface area contributed by atoms with E-state index in [1.807, 2.05) is 4.90 Å². The van der Waals surface area contributed by atoms with Crippen molar-refractivity contribution in [3.05, 3.63) is 83.4 Å². The van der Waals surface area contributed by atoms with Crippen LogP contribution >= 0.6 is 0 Å². The number of imidazole rings is 1. The molecule has 2 heterocycles. The van der Waals surface area contributed by atoms with Gasteiger partial charge in [-0.3, -0.25) is 9.69 Å². The van der Waals surface area contributed by atoms with Gasteiger partial charge >= 0.3 is 0 Å². The molecule has 2 aromatic carbocycles. The largest absolute Gasteiger partial charge is 0.379 e. The molecule has 1 fully saturated rings. The van der Waals surface area contributed by atoms with E-state index in [4.69, 9.17) is 4.74 Å². The van der Waals surface area contributed by atoms with Crippen LogP contribution in [0.3, 0.4) is 0 Å². The maximum atomic E-state index is 14.7. The summed E-state index contributed by atoms with van der Waals surface area (Å²) in [6.45, 7) is 3.95. The molecule has 1 N–H and O–H groups in total. The number of hydrogen-bond donors (Lipinski definition) is 1. The van der Waals surface area contributed by atoms with Gasteiger partial charge in [0.25, 0.3) is 0 Å². The van der Waals surface area contributed by atoms with Gasteiger partial charge in [0.05, 0.1) is 18.9 Å². The van der Waals surface area contributed by atoms with Gasteiger partial charge in [-0.25, -0.2) is 13.8 Å². The fraction of sp³-hybridized carbons (Fsp3) is 0.304. The number of aryl methyl sites for hydroxylation is 1. The maximum Gasteiger partial charge on any atom is 0.242 e. The number of aromatic nitrogens is 2. The van der Waals surface area contributed by atoms with Crippen molar-refractivity contribution >= 4 is 5.91 Å². The average Bonchev–Trinajstić information content (AvgIpc) is 3.20. The highest BCUT2D eigenvalue weighted by Gasteiger charge is 2.30. The minimum atomic E-state index is -0.775. The number of carbonyl (C=O) groups is 1. The number of rotatable bonds is 6. The second-order valence-corrected chi connectivity index (χ2v) is 7.42. The van der Waals surface area contributed by atoms with E-state index in [1.54, 1.807) is 54.2 Å². The number of benzene rings is 2. The number of morpholine rings is 1. The molecule has 0 radical (unpaired) electrons. The SMILES string of the molecule is Cc1nccn1-c1ccc(CNC(=O)C(c2ccccc2F)N2CCOCC2)cc1F. The lowest BCUT2D eigenvalue weighted by Crippen LogP contribution is -2.46. The Morgan fingerprint density at radius 2 is 1.94 bits per heavy atom. The minimum Gasteiger partial charge on any atom is -0.379 e. The minimum absolute atomic E-state index is 0.133. The number of carbonyl (C=O) groups excluding carboxylic acids is 1. The van der Waals surface area contributed by atoms with Crippen LogP contribution in [0.4, 0.5) is 8.78 Å². The Morgan fingerprint density at radius 1 is 1.16 bits per heavy atom. The van der Waals surface area contributed by atoms with Gasteiger partial charge in [0, 0.05) is 37.6 Å². The van der Waals surface area contributed by atoms with Crippen LogP contribution in [0.15, 0.2) is 54.9 Å². The van der Waals surface area contributed by atoms with Gasteiger partial charge < -0.3 is 14.6 Å². The summed E-state index contributed by atoms with van der Waals surface area (Å²) in [5, 5.41) is 2.84. The number of amides is 1. The standard InChI is InChI=1S/C23H24F2N4O2/c1-16-26-8-9-29(16)21-7-6-17(14-20(21)25)15-27-23(30)22(28-10-12-31-13-11-28)18-4-2-3-5-19(18)24/h2-9,14,22H,10-13,15H2,1H3,(H,27,30). The molecule has 3 aromatic rings. The fourth-order valence-corrected chi connectivity index (χ4v) is 3.81. The molecular weight excluding hydrogens is 402 g/mol. The van der Waals surface area contributed by atoms with E-state index in [0.29, 0.717) is 48.9 Å². The third-order valence-electron chi connectivity index (χ3n) is 5.42. The molecule has 8 heteroatoms. The van der Waals surface area contributed by atoms with Crippen molar-refractivity contribution in [2.75, 3.05) is 26.3 Å². The average molecular weight is 426 g/mol. The predicted molar refractivity (Wildman–Crippen MR) is 112 cm³/mol. The smallest absolute Gasteiger partial charge is 0.242 e. The summed E-state index contributed by atoms with van der Waals surface area (Å²) < 4.78 is 36.2. The van der Waals surface area contributed by atoms with E-state index >= 15 is 0 Å². The summed E-state index contributed by atoms with van der Waals surface area (Å²) >= 11 is 0. The first kappa shape index (κ1) is 21.1. The van der Waals surface area contributed by atoms with E-state index in [9.17, 15) is 13.6 Å². The highest BCUT2D eigenvalue weighted by Crippen LogP contribution is 2.25. The second-order valence-electron chi connectivity index (χ2n) is 7.42. The zero-order valence-electron chi connectivity index (χ0n) is 17.2. The van der Waals surface area contributed by atoms with Gasteiger partial charge in [-0.2, -0.15) is 0 Å². The number of halogens is 2. The van der Waals surface area contributed by atoms with Crippen LogP contribution in [0.25, 0.3) is 5.69 Å². The summed E-state index contributed by atoms with van der Waals surface area (Å²) in [6.07, 6.45) is 3.30. The van der Waals surface area contributed by atoms with Crippen molar-refractivity contribution in [2.24, 2.45) is 0 Å². The summed E-state index contributed by atoms with van der Waals surface area (Å²) in [4.78, 5) is 19.1. The zero-order valence-corrected chi connectivity index (χ0v) is 17.2. The molecule has 1 aliphatic rings. The van der Waals surface area contributed by atoms with Gasteiger partial charge in [0.1, 0.15) is 23.5 Å². The van der Waals surface area contributed by atoms with Crippen LogP contribution in [0.1, 0.15) is 23.0 Å². The first-order valence-electron chi connectivity index (χ1n) is 10.2. The molecule has 162 valence electrons. The highest BCUT2D eigenvalue weighted by molar-refractivity contribution is 5.83. The van der Waals surface area contributed by atoms with Crippen LogP contribution in [0.5, 0.6) is 0 Å². The van der Waals surface area contributed by atoms with E-state index in [1.165, 1.54) is 12.1 Å². The molecule has 0 spiro atoms. The Bertz CT molecular complexity index is 1060. The van der Waals surface area contributed by atoms with Gasteiger partial charge in [0.15, 0.2) is 0 Å². The molecule has 0 saturated carbocycles. The number of nitrogens with zero attached hydrogens (tertiary/aromatic N) is 3. The third kappa shape index (κ3) is 4.65. The Labute approximate surface area is 179 Å². The Morgan fingerprint density at radius 3 is 2.61 bits per heavy atom. The van der Waals surface area contributed by atoms with Crippen LogP contribution in [-0.2, 0) is 16.1 Å². The normalized spacial score (nSPS) is 15.6. The van der Waals surface area contributed by atoms with Gasteiger partial charge in [0.2, 0.25) is 5.91 Å². The van der Waals surface area contributed by atoms with Crippen molar-refractivity contribution in [1.29, 1.82) is 0 Å². The quantitative estimate of drug-likeness (QED) is 0.658. The van der Waals surface area contributed by atoms with Crippen LogP contribution in [0, 0.1) is 18.6 Å². The monoisotopic (exact) mass is 426 g/mol. The lowest BCUT2D eigenvalue weighted by atomic mass is 10.0. The molecule has 0 bridgehead atoms. The van der Waals surface area contributed by atoms with Crippen molar-refractivity contribution in [2.45, 2.75) is 19.5 Å². The van der Waals surface area contributed by atoms with Crippen molar-refractivity contribution in [1.82, 2.24) is 19.8 Å². The zero-order chi connectivity index (χ0) is 21.8. The summed E-state index contributed by atoms with van der Waals surface area (Å²) in [5.74, 6) is -0.493. The molecule has 0 aliphatic carbocycles. The van der Waals surface area contributed by atoms with Crippen molar-refractivity contribution < 1.29 is 18.3 Å². The molecule has 1 aromatic heterocycles. The third-order valence-corrected chi connectivity index (χ3v) is 5.42. The molecule has 31 heavy (non-hydrogen) atoms. The molecule has 1 unspecified atom stereocenters. The molecule has 1 amide bonds. The second kappa shape index (κ2) is 9.36. The Hall–Kier alpha value is -3.10. The van der Waals surface area contributed by atoms with E-state index in [0.717, 1.165) is 0 Å². The van der Waals surface area contributed by atoms with Gasteiger partial charge in [-0.15, -0.1) is 0 Å². The van der Waals surface area contributed by atoms with Gasteiger partial charge in [-0.05, 0) is 30.7 Å². The molecule has 4 rings (SSSR count). The summed E-state index contributed by atoms with van der Waals surface area (Å²) in [7, 11) is 0. The van der Waals surface area contributed by atoms with Gasteiger partial charge in [-0.1, -0.05) is 24.3 Å². The Balaban J connectivity index is 1.51. The van der Waals surface area contributed by atoms with Crippen LogP contribution in [0.2, 0.25) is 0 Å². The van der Waals surface area contributed by atoms with E-state index in [-0.39, 0.29) is 12.5 Å². The number of nitrogens with one attached hydrogen (secondary N) is 1. The molecule has 6 nitrogen and oxygen atoms in total. The maximum absolute atomic E-state index is 14.7. The Kier molecular flexibility index (Phi) is 6.39. The molecule has 1 aliphatic heterocycles. The summed E-state index contributed by atoms with van der Waals surface area (Å²) in [6, 6.07) is 10.3. The highest BCUT2D eigenvalue weighted by atomic mass is 19.1.